The lowest BCUT2D eigenvalue weighted by molar-refractivity contribution is 0.0962. The summed E-state index contributed by atoms with van der Waals surface area (Å²) in [6.07, 6.45) is 9.64. The van der Waals surface area contributed by atoms with E-state index in [0.717, 1.165) is 16.7 Å². The summed E-state index contributed by atoms with van der Waals surface area (Å²) >= 11 is 0. The van der Waals surface area contributed by atoms with Gasteiger partial charge in [0.1, 0.15) is 0 Å². The minimum absolute atomic E-state index is 0.0497. The van der Waals surface area contributed by atoms with Crippen molar-refractivity contribution in [2.45, 2.75) is 156 Å². The molecule has 0 radical (unpaired) electrons. The summed E-state index contributed by atoms with van der Waals surface area (Å²) < 4.78 is 68.2. The molecule has 0 saturated heterocycles. The largest absolute Gasteiger partial charge is 0.475 e. The third-order valence-electron chi connectivity index (χ3n) is 10.8. The zero-order valence-corrected chi connectivity index (χ0v) is 37.1. The Balaban J connectivity index is 1.78. The standard InChI is InChI=1S/C36H63O10PSi3/c1-34(2,3)48(10,11)44-25-31-19-38-16-28(31)22-41-47(37,42-23-29-17-39-20-32(29)26-45-49(12,13)35(4,5)6)43-24-30-18-40-21-33(30)27-46-50(14,15)36(7,8)9/h16-21H,22-27H2,1-15H3. The average Bonchev–Trinajstić information content (AvgIpc) is 3.74. The van der Waals surface area contributed by atoms with Gasteiger partial charge in [0.15, 0.2) is 25.0 Å². The predicted octanol–water partition coefficient (Wildman–Crippen LogP) is 12.1. The molecule has 0 amide bonds. The van der Waals surface area contributed by atoms with E-state index in [-0.39, 0.29) is 34.9 Å². The van der Waals surface area contributed by atoms with Crippen molar-refractivity contribution >= 4 is 32.8 Å². The maximum absolute atomic E-state index is 14.3. The van der Waals surface area contributed by atoms with Gasteiger partial charge in [-0.3, -0.25) is 13.6 Å². The van der Waals surface area contributed by atoms with Crippen LogP contribution in [0.2, 0.25) is 54.4 Å². The fourth-order valence-electron chi connectivity index (χ4n) is 3.79. The van der Waals surface area contributed by atoms with Gasteiger partial charge in [-0.1, -0.05) is 62.3 Å². The Kier molecular flexibility index (Phi) is 13.9. The van der Waals surface area contributed by atoms with Crippen molar-refractivity contribution in [2.24, 2.45) is 0 Å². The molecule has 0 unspecified atom stereocenters. The van der Waals surface area contributed by atoms with E-state index in [9.17, 15) is 4.57 Å². The predicted molar refractivity (Wildman–Crippen MR) is 204 cm³/mol. The van der Waals surface area contributed by atoms with E-state index in [1.165, 1.54) is 0 Å². The molecule has 0 bridgehead atoms. The van der Waals surface area contributed by atoms with Crippen LogP contribution in [0.1, 0.15) is 95.7 Å². The zero-order valence-electron chi connectivity index (χ0n) is 33.2. The molecule has 3 rings (SSSR count). The van der Waals surface area contributed by atoms with Crippen LogP contribution in [0.15, 0.2) is 50.8 Å². The molecule has 3 aromatic heterocycles. The first kappa shape index (κ1) is 42.9. The molecule has 10 nitrogen and oxygen atoms in total. The molecule has 0 aliphatic carbocycles. The Bertz CT molecular complexity index is 1370. The molecule has 0 spiro atoms. The van der Waals surface area contributed by atoms with Crippen molar-refractivity contribution in [3.05, 3.63) is 71.0 Å². The highest BCUT2D eigenvalue weighted by Crippen LogP contribution is 2.52. The highest BCUT2D eigenvalue weighted by Gasteiger charge is 2.39. The van der Waals surface area contributed by atoms with Crippen LogP contribution in [0.4, 0.5) is 0 Å². The number of furan rings is 3. The molecule has 3 heterocycles. The van der Waals surface area contributed by atoms with Gasteiger partial charge in [0, 0.05) is 33.4 Å². The smallest absolute Gasteiger partial charge is 0.472 e. The fraction of sp³-hybridized carbons (Fsp3) is 0.667. The second-order valence-electron chi connectivity index (χ2n) is 17.7. The normalized spacial score (nSPS) is 14.1. The summed E-state index contributed by atoms with van der Waals surface area (Å²) in [5.41, 5.74) is 4.57. The summed E-state index contributed by atoms with van der Waals surface area (Å²) in [6.45, 7) is 33.8. The molecule has 0 aliphatic heterocycles. The van der Waals surface area contributed by atoms with Gasteiger partial charge in [0.05, 0.1) is 77.2 Å². The molecule has 0 saturated carbocycles. The Labute approximate surface area is 303 Å². The van der Waals surface area contributed by atoms with Crippen LogP contribution in [0, 0.1) is 0 Å². The van der Waals surface area contributed by atoms with E-state index in [0.29, 0.717) is 36.5 Å². The SMILES string of the molecule is CC(C)(C)[Si](C)(C)OCc1cocc1COP(=O)(OCc1cocc1CO[Si](C)(C)C(C)(C)C)OCc1cocc1CO[Si](C)(C)C(C)(C)C. The van der Waals surface area contributed by atoms with E-state index in [2.05, 4.69) is 102 Å². The zero-order chi connectivity index (χ0) is 37.8. The summed E-state index contributed by atoms with van der Waals surface area (Å²) in [5, 5.41) is 0.149. The number of hydrogen-bond acceptors (Lipinski definition) is 10. The lowest BCUT2D eigenvalue weighted by Gasteiger charge is -2.36. The molecule has 284 valence electrons. The maximum Gasteiger partial charge on any atom is 0.475 e. The van der Waals surface area contributed by atoms with E-state index < -0.39 is 32.8 Å². The molecule has 50 heavy (non-hydrogen) atoms. The summed E-state index contributed by atoms with van der Waals surface area (Å²) in [5.74, 6) is 0. The van der Waals surface area contributed by atoms with Crippen molar-refractivity contribution in [3.8, 4) is 0 Å². The van der Waals surface area contributed by atoms with Gasteiger partial charge in [-0.15, -0.1) is 0 Å². The monoisotopic (exact) mass is 770 g/mol. The number of rotatable bonds is 18. The highest BCUT2D eigenvalue weighted by molar-refractivity contribution is 7.48. The average molecular weight is 771 g/mol. The quantitative estimate of drug-likeness (QED) is 0.0915. The van der Waals surface area contributed by atoms with Gasteiger partial charge in [0.25, 0.3) is 0 Å². The maximum atomic E-state index is 14.3. The van der Waals surface area contributed by atoms with Crippen molar-refractivity contribution < 1.29 is 44.7 Å². The van der Waals surface area contributed by atoms with Crippen LogP contribution >= 0.6 is 7.82 Å². The first-order chi connectivity index (χ1) is 22.8. The molecule has 0 aliphatic rings. The first-order valence-corrected chi connectivity index (χ1v) is 27.5. The van der Waals surface area contributed by atoms with Crippen LogP contribution < -0.4 is 0 Å². The van der Waals surface area contributed by atoms with E-state index in [1.54, 1.807) is 37.6 Å². The van der Waals surface area contributed by atoms with Gasteiger partial charge in [-0.2, -0.15) is 0 Å². The summed E-state index contributed by atoms with van der Waals surface area (Å²) in [7, 11) is -10.2. The molecule has 3 aromatic rings. The molecular formula is C36H63O10PSi3. The number of hydrogen-bond donors (Lipinski definition) is 0. The van der Waals surface area contributed by atoms with Crippen LogP contribution in [0.3, 0.4) is 0 Å². The van der Waals surface area contributed by atoms with Crippen molar-refractivity contribution in [3.63, 3.8) is 0 Å². The van der Waals surface area contributed by atoms with Gasteiger partial charge in [-0.05, 0) is 54.4 Å². The number of phosphoric acid groups is 1. The lowest BCUT2D eigenvalue weighted by atomic mass is 10.2. The van der Waals surface area contributed by atoms with Crippen molar-refractivity contribution in [2.75, 3.05) is 0 Å². The molecule has 0 fully saturated rings. The third-order valence-corrected chi connectivity index (χ3v) is 25.6. The lowest BCUT2D eigenvalue weighted by Crippen LogP contribution is -2.40. The highest BCUT2D eigenvalue weighted by atomic mass is 31.2. The molecule has 0 N–H and O–H groups in total. The van der Waals surface area contributed by atoms with Gasteiger partial charge < -0.3 is 26.5 Å². The van der Waals surface area contributed by atoms with Crippen molar-refractivity contribution in [1.29, 1.82) is 0 Å². The van der Waals surface area contributed by atoms with Crippen molar-refractivity contribution in [1.82, 2.24) is 0 Å². The Morgan fingerprint density at radius 3 is 0.840 bits per heavy atom. The summed E-state index contributed by atoms with van der Waals surface area (Å²) in [6, 6.07) is 0. The van der Waals surface area contributed by atoms with Crippen LogP contribution in [0.5, 0.6) is 0 Å². The van der Waals surface area contributed by atoms with Gasteiger partial charge in [-0.25, -0.2) is 4.57 Å². The molecular weight excluding hydrogens is 708 g/mol. The topological polar surface area (TPSA) is 112 Å². The first-order valence-electron chi connectivity index (χ1n) is 17.3. The molecule has 0 aromatic carbocycles. The minimum atomic E-state index is -4.16. The molecule has 0 atom stereocenters. The fourth-order valence-corrected chi connectivity index (χ4v) is 7.75. The van der Waals surface area contributed by atoms with Crippen LogP contribution in [-0.2, 0) is 71.1 Å². The molecule has 14 heteroatoms. The Morgan fingerprint density at radius 2 is 0.640 bits per heavy atom. The van der Waals surface area contributed by atoms with Gasteiger partial charge >= 0.3 is 7.82 Å². The van der Waals surface area contributed by atoms with Gasteiger partial charge in [0.2, 0.25) is 0 Å². The van der Waals surface area contributed by atoms with Crippen LogP contribution in [-0.4, -0.2) is 25.0 Å². The van der Waals surface area contributed by atoms with Crippen LogP contribution in [0.25, 0.3) is 0 Å². The second-order valence-corrected chi connectivity index (χ2v) is 33.8. The van der Waals surface area contributed by atoms with E-state index >= 15 is 0 Å². The second kappa shape index (κ2) is 16.2. The number of phosphoric ester groups is 1. The third kappa shape index (κ3) is 11.5. The Morgan fingerprint density at radius 1 is 0.440 bits per heavy atom. The Hall–Kier alpha value is -1.52. The summed E-state index contributed by atoms with van der Waals surface area (Å²) in [4.78, 5) is 0. The van der Waals surface area contributed by atoms with E-state index in [1.807, 2.05) is 0 Å². The van der Waals surface area contributed by atoms with E-state index in [4.69, 9.17) is 40.1 Å². The minimum Gasteiger partial charge on any atom is -0.472 e.